The summed E-state index contributed by atoms with van der Waals surface area (Å²) in [4.78, 5) is 14.2. The van der Waals surface area contributed by atoms with Crippen LogP contribution in [-0.2, 0) is 14.3 Å². The summed E-state index contributed by atoms with van der Waals surface area (Å²) in [5.74, 6) is -0.148. The van der Waals surface area contributed by atoms with Gasteiger partial charge in [-0.05, 0) is 26.8 Å². The van der Waals surface area contributed by atoms with Crippen LogP contribution in [0.2, 0.25) is 0 Å². The molecular formula is C13H26N2O3. The van der Waals surface area contributed by atoms with Gasteiger partial charge in [-0.25, -0.2) is 0 Å². The SMILES string of the molecule is CCCNC(CN1CCOCC1C)C(=O)OCC. The minimum Gasteiger partial charge on any atom is -0.465 e. The van der Waals surface area contributed by atoms with E-state index in [9.17, 15) is 4.79 Å². The van der Waals surface area contributed by atoms with Crippen LogP contribution in [0.4, 0.5) is 0 Å². The number of nitrogens with one attached hydrogen (secondary N) is 1. The van der Waals surface area contributed by atoms with Crippen LogP contribution in [0.5, 0.6) is 0 Å². The Balaban J connectivity index is 2.50. The molecule has 0 saturated carbocycles. The zero-order chi connectivity index (χ0) is 13.4. The fourth-order valence-electron chi connectivity index (χ4n) is 2.05. The first-order valence-corrected chi connectivity index (χ1v) is 6.90. The van der Waals surface area contributed by atoms with Gasteiger partial charge >= 0.3 is 5.97 Å². The molecular weight excluding hydrogens is 232 g/mol. The number of nitrogens with zero attached hydrogens (tertiary/aromatic N) is 1. The molecule has 5 nitrogen and oxygen atoms in total. The summed E-state index contributed by atoms with van der Waals surface area (Å²) < 4.78 is 10.5. The van der Waals surface area contributed by atoms with E-state index >= 15 is 0 Å². The fourth-order valence-corrected chi connectivity index (χ4v) is 2.05. The van der Waals surface area contributed by atoms with Crippen molar-refractivity contribution in [2.45, 2.75) is 39.3 Å². The van der Waals surface area contributed by atoms with Gasteiger partial charge in [0.25, 0.3) is 0 Å². The lowest BCUT2D eigenvalue weighted by atomic mass is 10.2. The summed E-state index contributed by atoms with van der Waals surface area (Å²) in [7, 11) is 0. The van der Waals surface area contributed by atoms with E-state index < -0.39 is 0 Å². The Labute approximate surface area is 110 Å². The molecule has 0 radical (unpaired) electrons. The molecule has 2 atom stereocenters. The van der Waals surface area contributed by atoms with Gasteiger partial charge in [0.2, 0.25) is 0 Å². The van der Waals surface area contributed by atoms with Crippen molar-refractivity contribution >= 4 is 5.97 Å². The van der Waals surface area contributed by atoms with E-state index in [1.54, 1.807) is 0 Å². The largest absolute Gasteiger partial charge is 0.465 e. The first-order valence-electron chi connectivity index (χ1n) is 6.90. The predicted octanol–water partition coefficient (Wildman–Crippen LogP) is 0.638. The van der Waals surface area contributed by atoms with Crippen molar-refractivity contribution in [3.63, 3.8) is 0 Å². The molecule has 1 heterocycles. The third kappa shape index (κ3) is 4.92. The van der Waals surface area contributed by atoms with Gasteiger partial charge in [0, 0.05) is 19.1 Å². The van der Waals surface area contributed by atoms with Crippen molar-refractivity contribution in [2.75, 3.05) is 39.5 Å². The first-order chi connectivity index (χ1) is 8.69. The summed E-state index contributed by atoms with van der Waals surface area (Å²) >= 11 is 0. The number of carbonyl (C=O) groups is 1. The molecule has 2 unspecified atom stereocenters. The second-order valence-corrected chi connectivity index (χ2v) is 4.68. The van der Waals surface area contributed by atoms with Crippen LogP contribution < -0.4 is 5.32 Å². The van der Waals surface area contributed by atoms with Crippen LogP contribution in [0.25, 0.3) is 0 Å². The maximum Gasteiger partial charge on any atom is 0.324 e. The highest BCUT2D eigenvalue weighted by Gasteiger charge is 2.26. The van der Waals surface area contributed by atoms with E-state index in [2.05, 4.69) is 24.1 Å². The number of hydrogen-bond acceptors (Lipinski definition) is 5. The molecule has 1 aliphatic rings. The summed E-state index contributed by atoms with van der Waals surface area (Å²) in [5.41, 5.74) is 0. The highest BCUT2D eigenvalue weighted by atomic mass is 16.5. The minimum absolute atomic E-state index is 0.148. The molecule has 0 bridgehead atoms. The third-order valence-corrected chi connectivity index (χ3v) is 3.13. The van der Waals surface area contributed by atoms with Crippen molar-refractivity contribution in [1.29, 1.82) is 0 Å². The lowest BCUT2D eigenvalue weighted by molar-refractivity contribution is -0.146. The zero-order valence-electron chi connectivity index (χ0n) is 11.8. The lowest BCUT2D eigenvalue weighted by Crippen LogP contribution is -2.53. The average Bonchev–Trinajstić information content (AvgIpc) is 2.36. The zero-order valence-corrected chi connectivity index (χ0v) is 11.8. The van der Waals surface area contributed by atoms with Crippen LogP contribution in [0.3, 0.4) is 0 Å². The minimum atomic E-state index is -0.231. The third-order valence-electron chi connectivity index (χ3n) is 3.13. The number of esters is 1. The quantitative estimate of drug-likeness (QED) is 0.679. The van der Waals surface area contributed by atoms with Gasteiger partial charge in [0.15, 0.2) is 0 Å². The van der Waals surface area contributed by atoms with Crippen LogP contribution in [0.15, 0.2) is 0 Å². The topological polar surface area (TPSA) is 50.8 Å². The number of rotatable bonds is 7. The Morgan fingerprint density at radius 3 is 2.94 bits per heavy atom. The molecule has 106 valence electrons. The molecule has 1 rings (SSSR count). The standard InChI is InChI=1S/C13H26N2O3/c1-4-6-14-12(13(16)18-5-2)9-15-7-8-17-10-11(15)3/h11-12,14H,4-10H2,1-3H3. The maximum absolute atomic E-state index is 11.9. The molecule has 1 aliphatic heterocycles. The first kappa shape index (κ1) is 15.4. The van der Waals surface area contributed by atoms with Crippen molar-refractivity contribution in [3.05, 3.63) is 0 Å². The van der Waals surface area contributed by atoms with Crippen LogP contribution in [-0.4, -0.2) is 62.4 Å². The second kappa shape index (κ2) is 8.45. The lowest BCUT2D eigenvalue weighted by Gasteiger charge is -2.35. The summed E-state index contributed by atoms with van der Waals surface area (Å²) in [6, 6.07) is 0.129. The van der Waals surface area contributed by atoms with E-state index in [0.29, 0.717) is 19.2 Å². The van der Waals surface area contributed by atoms with Crippen molar-refractivity contribution in [2.24, 2.45) is 0 Å². The number of ether oxygens (including phenoxy) is 2. The Morgan fingerprint density at radius 1 is 1.56 bits per heavy atom. The monoisotopic (exact) mass is 258 g/mol. The fraction of sp³-hybridized carbons (Fsp3) is 0.923. The van der Waals surface area contributed by atoms with E-state index in [0.717, 1.165) is 32.7 Å². The Hall–Kier alpha value is -0.650. The number of carbonyl (C=O) groups excluding carboxylic acids is 1. The number of hydrogen-bond donors (Lipinski definition) is 1. The molecule has 0 aromatic heterocycles. The van der Waals surface area contributed by atoms with Gasteiger partial charge in [-0.15, -0.1) is 0 Å². The Kier molecular flexibility index (Phi) is 7.23. The van der Waals surface area contributed by atoms with Crippen molar-refractivity contribution in [3.8, 4) is 0 Å². The predicted molar refractivity (Wildman–Crippen MR) is 70.6 cm³/mol. The van der Waals surface area contributed by atoms with Crippen LogP contribution in [0.1, 0.15) is 27.2 Å². The smallest absolute Gasteiger partial charge is 0.324 e. The van der Waals surface area contributed by atoms with Gasteiger partial charge in [-0.1, -0.05) is 6.92 Å². The summed E-state index contributed by atoms with van der Waals surface area (Å²) in [6.07, 6.45) is 1.01. The molecule has 0 amide bonds. The van der Waals surface area contributed by atoms with E-state index in [1.807, 2.05) is 6.92 Å². The molecule has 0 aromatic carbocycles. The molecule has 1 N–H and O–H groups in total. The normalized spacial score (nSPS) is 22.7. The molecule has 0 aromatic rings. The average molecular weight is 258 g/mol. The van der Waals surface area contributed by atoms with Gasteiger partial charge in [0.1, 0.15) is 6.04 Å². The van der Waals surface area contributed by atoms with Crippen LogP contribution >= 0.6 is 0 Å². The van der Waals surface area contributed by atoms with Gasteiger partial charge in [-0.2, -0.15) is 0 Å². The van der Waals surface area contributed by atoms with Gasteiger partial charge in [0.05, 0.1) is 19.8 Å². The van der Waals surface area contributed by atoms with Gasteiger partial charge in [-0.3, -0.25) is 9.69 Å². The molecule has 0 aliphatic carbocycles. The summed E-state index contributed by atoms with van der Waals surface area (Å²) in [5, 5.41) is 3.26. The Morgan fingerprint density at radius 2 is 2.33 bits per heavy atom. The highest BCUT2D eigenvalue weighted by Crippen LogP contribution is 2.07. The second-order valence-electron chi connectivity index (χ2n) is 4.68. The van der Waals surface area contributed by atoms with Crippen molar-refractivity contribution < 1.29 is 14.3 Å². The van der Waals surface area contributed by atoms with E-state index in [1.165, 1.54) is 0 Å². The molecule has 1 saturated heterocycles. The molecule has 5 heteroatoms. The maximum atomic E-state index is 11.9. The molecule has 18 heavy (non-hydrogen) atoms. The van der Waals surface area contributed by atoms with E-state index in [-0.39, 0.29) is 12.0 Å². The Bertz CT molecular complexity index is 248. The number of morpholine rings is 1. The molecule has 1 fully saturated rings. The van der Waals surface area contributed by atoms with E-state index in [4.69, 9.17) is 9.47 Å². The van der Waals surface area contributed by atoms with Gasteiger partial charge < -0.3 is 14.8 Å². The summed E-state index contributed by atoms with van der Waals surface area (Å²) in [6.45, 7) is 10.4. The van der Waals surface area contributed by atoms with Crippen molar-refractivity contribution in [1.82, 2.24) is 10.2 Å². The highest BCUT2D eigenvalue weighted by molar-refractivity contribution is 5.76. The molecule has 0 spiro atoms. The van der Waals surface area contributed by atoms with Crippen LogP contribution in [0, 0.1) is 0 Å².